The van der Waals surface area contributed by atoms with Crippen LogP contribution in [0.3, 0.4) is 0 Å². The van der Waals surface area contributed by atoms with Crippen molar-refractivity contribution in [2.45, 2.75) is 36.9 Å². The van der Waals surface area contributed by atoms with Crippen LogP contribution in [0, 0.1) is 0 Å². The zero-order chi connectivity index (χ0) is 16.4. The van der Waals surface area contributed by atoms with Gasteiger partial charge in [-0.05, 0) is 0 Å². The first-order valence-corrected chi connectivity index (χ1v) is 6.75. The number of alkyl halides is 3. The Balaban J connectivity index is 2.78. The first kappa shape index (κ1) is 18.5. The topological polar surface area (TPSA) is 143 Å². The van der Waals surface area contributed by atoms with Gasteiger partial charge in [0.15, 0.2) is 12.9 Å². The van der Waals surface area contributed by atoms with Gasteiger partial charge in [-0.2, -0.15) is 21.6 Å². The molecule has 4 N–H and O–H groups in total. The minimum Gasteiger partial charge on any atom is -0.394 e. The number of halogens is 3. The molecular formula is C8H13F3O9S. The molecular weight excluding hydrogens is 329 g/mol. The van der Waals surface area contributed by atoms with Gasteiger partial charge < -0.3 is 25.2 Å². The van der Waals surface area contributed by atoms with Gasteiger partial charge in [0.2, 0.25) is 0 Å². The summed E-state index contributed by atoms with van der Waals surface area (Å²) in [6, 6.07) is 0. The number of hydrogen-bond donors (Lipinski definition) is 4. The fraction of sp³-hybridized carbons (Fsp3) is 1.00. The van der Waals surface area contributed by atoms with Gasteiger partial charge >= 0.3 is 16.6 Å². The summed E-state index contributed by atoms with van der Waals surface area (Å²) in [6.45, 7) is -3.04. The van der Waals surface area contributed by atoms with Gasteiger partial charge in [0.05, 0.1) is 6.61 Å². The van der Waals surface area contributed by atoms with Crippen molar-refractivity contribution in [3.05, 3.63) is 0 Å². The third-order valence-electron chi connectivity index (χ3n) is 2.44. The second-order valence-corrected chi connectivity index (χ2v) is 5.32. The van der Waals surface area contributed by atoms with Gasteiger partial charge in [-0.15, -0.1) is 0 Å². The predicted octanol–water partition coefficient (Wildman–Crippen LogP) is -2.37. The Morgan fingerprint density at radius 2 is 1.71 bits per heavy atom. The Bertz CT molecular complexity index is 439. The highest BCUT2D eigenvalue weighted by Gasteiger charge is 2.47. The van der Waals surface area contributed by atoms with Crippen LogP contribution in [-0.4, -0.2) is 78.9 Å². The van der Waals surface area contributed by atoms with E-state index >= 15 is 0 Å². The van der Waals surface area contributed by atoms with E-state index in [1.165, 1.54) is 0 Å². The number of aliphatic hydroxyl groups excluding tert-OH is 4. The second kappa shape index (κ2) is 6.70. The maximum atomic E-state index is 11.9. The standard InChI is InChI=1S/C8H13F3O9S/c9-8(10,11)2-18-21(16,17)20-6-4(13)3(1-12)19-7(15)5(6)14/h3-7,12-15H,1-2H2/t3-,4-,5-,6+,7?/m1/s1. The number of aliphatic hydroxyl groups is 4. The highest BCUT2D eigenvalue weighted by molar-refractivity contribution is 7.81. The summed E-state index contributed by atoms with van der Waals surface area (Å²) in [6.07, 6.45) is -14.6. The van der Waals surface area contributed by atoms with E-state index in [2.05, 4.69) is 13.1 Å². The SMILES string of the molecule is O=S(=O)(OCC(F)(F)F)O[C@H]1[C@H](O)[C@@H](CO)OC(O)[C@@H]1O. The van der Waals surface area contributed by atoms with Crippen LogP contribution < -0.4 is 0 Å². The first-order valence-electron chi connectivity index (χ1n) is 5.42. The Hall–Kier alpha value is -0.540. The van der Waals surface area contributed by atoms with Gasteiger partial charge in [-0.25, -0.2) is 8.37 Å². The zero-order valence-corrected chi connectivity index (χ0v) is 11.0. The molecule has 1 rings (SSSR count). The third-order valence-corrected chi connectivity index (χ3v) is 3.30. The molecule has 1 unspecified atom stereocenters. The van der Waals surface area contributed by atoms with Crippen LogP contribution in [-0.2, 0) is 23.5 Å². The molecule has 0 amide bonds. The molecule has 0 bridgehead atoms. The van der Waals surface area contributed by atoms with Gasteiger partial charge in [0.1, 0.15) is 24.4 Å². The number of hydrogen-bond acceptors (Lipinski definition) is 9. The maximum absolute atomic E-state index is 11.9. The maximum Gasteiger partial charge on any atom is 0.413 e. The summed E-state index contributed by atoms with van der Waals surface area (Å²) >= 11 is 0. The molecule has 0 radical (unpaired) electrons. The van der Waals surface area contributed by atoms with Crippen molar-refractivity contribution >= 4 is 10.4 Å². The van der Waals surface area contributed by atoms with E-state index in [1.807, 2.05) is 0 Å². The lowest BCUT2D eigenvalue weighted by Gasteiger charge is -2.39. The van der Waals surface area contributed by atoms with Crippen molar-refractivity contribution in [1.82, 2.24) is 0 Å². The Morgan fingerprint density at radius 3 is 2.19 bits per heavy atom. The minimum atomic E-state index is -5.22. The Labute approximate surface area is 116 Å². The Kier molecular flexibility index (Phi) is 5.91. The van der Waals surface area contributed by atoms with E-state index in [0.29, 0.717) is 0 Å². The molecule has 5 atom stereocenters. The average Bonchev–Trinajstić information content (AvgIpc) is 2.36. The molecule has 21 heavy (non-hydrogen) atoms. The fourth-order valence-electron chi connectivity index (χ4n) is 1.48. The monoisotopic (exact) mass is 342 g/mol. The van der Waals surface area contributed by atoms with Crippen LogP contribution in [0.5, 0.6) is 0 Å². The van der Waals surface area contributed by atoms with Gasteiger partial charge in [-0.1, -0.05) is 0 Å². The molecule has 13 heteroatoms. The lowest BCUT2D eigenvalue weighted by Crippen LogP contribution is -2.59. The number of rotatable bonds is 5. The molecule has 0 aliphatic carbocycles. The highest BCUT2D eigenvalue weighted by Crippen LogP contribution is 2.25. The normalized spacial score (nSPS) is 34.9. The van der Waals surface area contributed by atoms with E-state index in [4.69, 9.17) is 5.11 Å². The molecule has 1 heterocycles. The molecule has 1 fully saturated rings. The van der Waals surface area contributed by atoms with Crippen LogP contribution in [0.2, 0.25) is 0 Å². The molecule has 126 valence electrons. The van der Waals surface area contributed by atoms with Crippen LogP contribution in [0.1, 0.15) is 0 Å². The molecule has 0 aromatic carbocycles. The summed E-state index contributed by atoms with van der Waals surface area (Å²) in [7, 11) is -5.22. The van der Waals surface area contributed by atoms with Crippen LogP contribution in [0.15, 0.2) is 0 Å². The molecule has 0 aromatic rings. The van der Waals surface area contributed by atoms with Gasteiger partial charge in [0, 0.05) is 0 Å². The van der Waals surface area contributed by atoms with Crippen molar-refractivity contribution in [2.24, 2.45) is 0 Å². The molecule has 9 nitrogen and oxygen atoms in total. The highest BCUT2D eigenvalue weighted by atomic mass is 32.3. The summed E-state index contributed by atoms with van der Waals surface area (Å²) in [5.41, 5.74) is 0. The van der Waals surface area contributed by atoms with E-state index in [-0.39, 0.29) is 0 Å². The molecule has 1 saturated heterocycles. The minimum absolute atomic E-state index is 0.867. The fourth-order valence-corrected chi connectivity index (χ4v) is 2.32. The van der Waals surface area contributed by atoms with Crippen LogP contribution >= 0.6 is 0 Å². The first-order chi connectivity index (χ1) is 9.47. The van der Waals surface area contributed by atoms with Crippen molar-refractivity contribution in [3.8, 4) is 0 Å². The van der Waals surface area contributed by atoms with Crippen LogP contribution in [0.25, 0.3) is 0 Å². The van der Waals surface area contributed by atoms with E-state index in [9.17, 15) is 36.9 Å². The summed E-state index contributed by atoms with van der Waals surface area (Å²) in [5.74, 6) is 0. The average molecular weight is 342 g/mol. The summed E-state index contributed by atoms with van der Waals surface area (Å²) in [4.78, 5) is 0. The summed E-state index contributed by atoms with van der Waals surface area (Å²) in [5, 5.41) is 37.1. The summed E-state index contributed by atoms with van der Waals surface area (Å²) < 4.78 is 70.1. The zero-order valence-electron chi connectivity index (χ0n) is 10.2. The number of ether oxygens (including phenoxy) is 1. The Morgan fingerprint density at radius 1 is 1.14 bits per heavy atom. The van der Waals surface area contributed by atoms with E-state index < -0.39 is 60.5 Å². The van der Waals surface area contributed by atoms with Crippen molar-refractivity contribution in [1.29, 1.82) is 0 Å². The molecule has 1 aliphatic rings. The lowest BCUT2D eigenvalue weighted by molar-refractivity contribution is -0.282. The van der Waals surface area contributed by atoms with Crippen LogP contribution in [0.4, 0.5) is 13.2 Å². The molecule has 1 aliphatic heterocycles. The van der Waals surface area contributed by atoms with E-state index in [1.54, 1.807) is 0 Å². The molecule has 0 saturated carbocycles. The largest absolute Gasteiger partial charge is 0.413 e. The molecule has 0 aromatic heterocycles. The smallest absolute Gasteiger partial charge is 0.394 e. The third kappa shape index (κ3) is 5.30. The predicted molar refractivity (Wildman–Crippen MR) is 55.8 cm³/mol. The van der Waals surface area contributed by atoms with Crippen molar-refractivity contribution in [3.63, 3.8) is 0 Å². The van der Waals surface area contributed by atoms with Gasteiger partial charge in [-0.3, -0.25) is 0 Å². The second-order valence-electron chi connectivity index (χ2n) is 4.08. The van der Waals surface area contributed by atoms with Crippen molar-refractivity contribution in [2.75, 3.05) is 13.2 Å². The lowest BCUT2D eigenvalue weighted by atomic mass is 9.99. The molecule has 0 spiro atoms. The van der Waals surface area contributed by atoms with Crippen molar-refractivity contribution < 1.29 is 55.1 Å². The van der Waals surface area contributed by atoms with Gasteiger partial charge in [0.25, 0.3) is 0 Å². The van der Waals surface area contributed by atoms with E-state index in [0.717, 1.165) is 0 Å². The quantitative estimate of drug-likeness (QED) is 0.431.